The Labute approximate surface area is 117 Å². The van der Waals surface area contributed by atoms with Crippen molar-refractivity contribution in [2.75, 3.05) is 12.4 Å². The largest absolute Gasteiger partial charge is 0.481 e. The molecule has 0 aliphatic carbocycles. The predicted molar refractivity (Wildman–Crippen MR) is 74.7 cm³/mol. The van der Waals surface area contributed by atoms with Gasteiger partial charge in [-0.1, -0.05) is 6.07 Å². The Morgan fingerprint density at radius 2 is 1.90 bits per heavy atom. The third-order valence-corrected chi connectivity index (χ3v) is 2.80. The van der Waals surface area contributed by atoms with E-state index in [0.29, 0.717) is 11.3 Å². The number of hydrogen-bond donors (Lipinski definition) is 3. The molecule has 0 saturated heterocycles. The van der Waals surface area contributed by atoms with Crippen LogP contribution in [-0.2, 0) is 9.59 Å². The van der Waals surface area contributed by atoms with Gasteiger partial charge in [0.15, 0.2) is 0 Å². The third kappa shape index (κ3) is 4.72. The van der Waals surface area contributed by atoms with Gasteiger partial charge in [-0.25, -0.2) is 0 Å². The van der Waals surface area contributed by atoms with Gasteiger partial charge in [0.1, 0.15) is 0 Å². The second-order valence-corrected chi connectivity index (χ2v) is 4.40. The van der Waals surface area contributed by atoms with Gasteiger partial charge in [0.2, 0.25) is 5.91 Å². The highest BCUT2D eigenvalue weighted by Crippen LogP contribution is 2.17. The summed E-state index contributed by atoms with van der Waals surface area (Å²) in [4.78, 5) is 33.6. The fourth-order valence-electron chi connectivity index (χ4n) is 1.66. The van der Waals surface area contributed by atoms with E-state index >= 15 is 0 Å². The van der Waals surface area contributed by atoms with Crippen molar-refractivity contribution < 1.29 is 19.5 Å². The molecule has 0 bridgehead atoms. The molecule has 0 aromatic heterocycles. The Hall–Kier alpha value is -2.37. The van der Waals surface area contributed by atoms with Gasteiger partial charge in [-0.2, -0.15) is 0 Å². The summed E-state index contributed by atoms with van der Waals surface area (Å²) in [5.74, 6) is -1.41. The van der Waals surface area contributed by atoms with Crippen molar-refractivity contribution in [2.45, 2.75) is 26.2 Å². The maximum atomic E-state index is 11.7. The molecule has 0 spiro atoms. The molecule has 6 heteroatoms. The van der Waals surface area contributed by atoms with E-state index in [1.54, 1.807) is 18.2 Å². The molecule has 0 saturated carbocycles. The molecule has 3 N–H and O–H groups in total. The summed E-state index contributed by atoms with van der Waals surface area (Å²) in [7, 11) is 1.53. The molecule has 0 atom stereocenters. The first kappa shape index (κ1) is 15.7. The summed E-state index contributed by atoms with van der Waals surface area (Å²) in [6.45, 7) is 1.82. The van der Waals surface area contributed by atoms with Crippen molar-refractivity contribution in [1.82, 2.24) is 5.32 Å². The Morgan fingerprint density at radius 3 is 2.50 bits per heavy atom. The lowest BCUT2D eigenvalue weighted by Gasteiger charge is -2.10. The first-order valence-corrected chi connectivity index (χ1v) is 6.28. The summed E-state index contributed by atoms with van der Waals surface area (Å²) in [5, 5.41) is 13.7. The number of aryl methyl sites for hydroxylation is 1. The molecule has 20 heavy (non-hydrogen) atoms. The SMILES string of the molecule is CNC(=O)c1ccc(C)c(NC(=O)CCCC(=O)O)c1. The summed E-state index contributed by atoms with van der Waals surface area (Å²) >= 11 is 0. The number of rotatable bonds is 6. The third-order valence-electron chi connectivity index (χ3n) is 2.80. The van der Waals surface area contributed by atoms with Crippen LogP contribution in [0.1, 0.15) is 35.2 Å². The van der Waals surface area contributed by atoms with Gasteiger partial charge in [-0.3, -0.25) is 14.4 Å². The molecule has 2 amide bonds. The molecule has 0 heterocycles. The van der Waals surface area contributed by atoms with Crippen LogP contribution in [0.15, 0.2) is 18.2 Å². The van der Waals surface area contributed by atoms with Gasteiger partial charge in [0.05, 0.1) is 0 Å². The van der Waals surface area contributed by atoms with Crippen molar-refractivity contribution in [3.05, 3.63) is 29.3 Å². The maximum Gasteiger partial charge on any atom is 0.303 e. The minimum absolute atomic E-state index is 0.0370. The van der Waals surface area contributed by atoms with E-state index in [1.165, 1.54) is 7.05 Å². The molecule has 108 valence electrons. The monoisotopic (exact) mass is 278 g/mol. The molecule has 0 radical (unpaired) electrons. The van der Waals surface area contributed by atoms with Crippen molar-refractivity contribution in [3.63, 3.8) is 0 Å². The van der Waals surface area contributed by atoms with E-state index < -0.39 is 5.97 Å². The van der Waals surface area contributed by atoms with Crippen LogP contribution in [0.3, 0.4) is 0 Å². The fraction of sp³-hybridized carbons (Fsp3) is 0.357. The Balaban J connectivity index is 2.68. The molecular formula is C14H18N2O4. The fourth-order valence-corrected chi connectivity index (χ4v) is 1.66. The lowest BCUT2D eigenvalue weighted by atomic mass is 10.1. The molecule has 6 nitrogen and oxygen atoms in total. The van der Waals surface area contributed by atoms with Crippen LogP contribution in [-0.4, -0.2) is 29.9 Å². The minimum Gasteiger partial charge on any atom is -0.481 e. The van der Waals surface area contributed by atoms with Crippen LogP contribution in [0.5, 0.6) is 0 Å². The Kier molecular flexibility index (Phi) is 5.71. The van der Waals surface area contributed by atoms with E-state index in [9.17, 15) is 14.4 Å². The zero-order valence-electron chi connectivity index (χ0n) is 11.5. The quantitative estimate of drug-likeness (QED) is 0.735. The average Bonchev–Trinajstić information content (AvgIpc) is 2.40. The zero-order chi connectivity index (χ0) is 15.1. The van der Waals surface area contributed by atoms with Crippen LogP contribution >= 0.6 is 0 Å². The lowest BCUT2D eigenvalue weighted by molar-refractivity contribution is -0.137. The van der Waals surface area contributed by atoms with Crippen LogP contribution in [0, 0.1) is 6.92 Å². The van der Waals surface area contributed by atoms with Crippen LogP contribution in [0.2, 0.25) is 0 Å². The number of benzene rings is 1. The summed E-state index contributed by atoms with van der Waals surface area (Å²) < 4.78 is 0. The van der Waals surface area contributed by atoms with E-state index in [4.69, 9.17) is 5.11 Å². The molecular weight excluding hydrogens is 260 g/mol. The standard InChI is InChI=1S/C14H18N2O4/c1-9-6-7-10(14(20)15-2)8-11(9)16-12(17)4-3-5-13(18)19/h6-8H,3-5H2,1-2H3,(H,15,20)(H,16,17)(H,18,19). The van der Waals surface area contributed by atoms with E-state index in [1.807, 2.05) is 6.92 Å². The highest BCUT2D eigenvalue weighted by Gasteiger charge is 2.09. The molecule has 0 aliphatic rings. The summed E-state index contributed by atoms with van der Waals surface area (Å²) in [5.41, 5.74) is 1.86. The Morgan fingerprint density at radius 1 is 1.20 bits per heavy atom. The molecule has 0 fully saturated rings. The number of aliphatic carboxylic acids is 1. The maximum absolute atomic E-state index is 11.7. The number of hydrogen-bond acceptors (Lipinski definition) is 3. The summed E-state index contributed by atoms with van der Waals surface area (Å²) in [6.07, 6.45) is 0.385. The van der Waals surface area contributed by atoms with Gasteiger partial charge >= 0.3 is 5.97 Å². The van der Waals surface area contributed by atoms with Gasteiger partial charge in [-0.15, -0.1) is 0 Å². The number of carbonyl (C=O) groups is 3. The number of carboxylic acid groups (broad SMARTS) is 1. The molecule has 1 aromatic carbocycles. The Bertz CT molecular complexity index is 526. The first-order valence-electron chi connectivity index (χ1n) is 6.28. The normalized spacial score (nSPS) is 9.90. The number of nitrogens with one attached hydrogen (secondary N) is 2. The van der Waals surface area contributed by atoms with E-state index in [0.717, 1.165) is 5.56 Å². The number of carbonyl (C=O) groups excluding carboxylic acids is 2. The minimum atomic E-state index is -0.921. The number of anilines is 1. The number of amides is 2. The summed E-state index contributed by atoms with van der Waals surface area (Å²) in [6, 6.07) is 5.02. The van der Waals surface area contributed by atoms with E-state index in [2.05, 4.69) is 10.6 Å². The first-order chi connectivity index (χ1) is 9.43. The van der Waals surface area contributed by atoms with Gasteiger partial charge in [-0.05, 0) is 31.0 Å². The molecule has 1 aromatic rings. The molecule has 1 rings (SSSR count). The van der Waals surface area contributed by atoms with Crippen molar-refractivity contribution in [3.8, 4) is 0 Å². The van der Waals surface area contributed by atoms with E-state index in [-0.39, 0.29) is 31.1 Å². The second kappa shape index (κ2) is 7.28. The zero-order valence-corrected chi connectivity index (χ0v) is 11.5. The van der Waals surface area contributed by atoms with Crippen molar-refractivity contribution in [2.24, 2.45) is 0 Å². The van der Waals surface area contributed by atoms with Crippen LogP contribution in [0.25, 0.3) is 0 Å². The van der Waals surface area contributed by atoms with Gasteiger partial charge in [0.25, 0.3) is 5.91 Å². The molecule has 0 unspecified atom stereocenters. The number of carboxylic acids is 1. The average molecular weight is 278 g/mol. The smallest absolute Gasteiger partial charge is 0.303 e. The second-order valence-electron chi connectivity index (χ2n) is 4.40. The predicted octanol–water partition coefficient (Wildman–Crippen LogP) is 1.55. The van der Waals surface area contributed by atoms with Crippen molar-refractivity contribution in [1.29, 1.82) is 0 Å². The van der Waals surface area contributed by atoms with Crippen LogP contribution < -0.4 is 10.6 Å². The highest BCUT2D eigenvalue weighted by molar-refractivity contribution is 5.97. The topological polar surface area (TPSA) is 95.5 Å². The highest BCUT2D eigenvalue weighted by atomic mass is 16.4. The van der Waals surface area contributed by atoms with Crippen LogP contribution in [0.4, 0.5) is 5.69 Å². The van der Waals surface area contributed by atoms with Gasteiger partial charge < -0.3 is 15.7 Å². The molecule has 0 aliphatic heterocycles. The van der Waals surface area contributed by atoms with Crippen molar-refractivity contribution >= 4 is 23.5 Å². The van der Waals surface area contributed by atoms with Gasteiger partial charge in [0, 0.05) is 31.1 Å². The lowest BCUT2D eigenvalue weighted by Crippen LogP contribution is -2.19.